The van der Waals surface area contributed by atoms with Crippen LogP contribution in [0.2, 0.25) is 0 Å². The van der Waals surface area contributed by atoms with Crippen molar-refractivity contribution in [3.63, 3.8) is 0 Å². The number of carboxylic acids is 1. The van der Waals surface area contributed by atoms with Crippen LogP contribution in [0.25, 0.3) is 0 Å². The van der Waals surface area contributed by atoms with Crippen molar-refractivity contribution in [1.82, 2.24) is 5.32 Å². The Bertz CT molecular complexity index is 429. The fourth-order valence-electron chi connectivity index (χ4n) is 1.62. The normalized spacial score (nSPS) is 11.9. The maximum atomic E-state index is 11.7. The van der Waals surface area contributed by atoms with Gasteiger partial charge in [0, 0.05) is 12.1 Å². The lowest BCUT2D eigenvalue weighted by atomic mass is 10.1. The van der Waals surface area contributed by atoms with E-state index in [4.69, 9.17) is 5.11 Å². The van der Waals surface area contributed by atoms with Crippen LogP contribution in [0.5, 0.6) is 0 Å². The molecule has 1 unspecified atom stereocenters. The molecule has 1 rings (SSSR count). The lowest BCUT2D eigenvalue weighted by Gasteiger charge is -2.07. The van der Waals surface area contributed by atoms with Gasteiger partial charge in [0.15, 0.2) is 0 Å². The predicted molar refractivity (Wildman–Crippen MR) is 69.5 cm³/mol. The Labute approximate surface area is 107 Å². The van der Waals surface area contributed by atoms with Gasteiger partial charge in [-0.15, -0.1) is 0 Å². The summed E-state index contributed by atoms with van der Waals surface area (Å²) in [5, 5.41) is 11.5. The quantitative estimate of drug-likeness (QED) is 0.760. The Morgan fingerprint density at radius 1 is 1.39 bits per heavy atom. The van der Waals surface area contributed by atoms with Crippen LogP contribution >= 0.6 is 0 Å². The Hall–Kier alpha value is -1.84. The lowest BCUT2D eigenvalue weighted by molar-refractivity contribution is -0.141. The lowest BCUT2D eigenvalue weighted by Crippen LogP contribution is -2.25. The van der Waals surface area contributed by atoms with Gasteiger partial charge in [-0.2, -0.15) is 0 Å². The highest BCUT2D eigenvalue weighted by atomic mass is 16.4. The summed E-state index contributed by atoms with van der Waals surface area (Å²) in [5.74, 6) is -1.26. The van der Waals surface area contributed by atoms with Crippen LogP contribution in [0.15, 0.2) is 24.3 Å². The van der Waals surface area contributed by atoms with E-state index in [0.717, 1.165) is 5.56 Å². The molecule has 2 N–H and O–H groups in total. The molecule has 0 aliphatic carbocycles. The summed E-state index contributed by atoms with van der Waals surface area (Å²) >= 11 is 0. The monoisotopic (exact) mass is 249 g/mol. The second-order valence-electron chi connectivity index (χ2n) is 4.51. The average molecular weight is 249 g/mol. The van der Waals surface area contributed by atoms with Crippen molar-refractivity contribution < 1.29 is 14.7 Å². The molecule has 0 aromatic heterocycles. The van der Waals surface area contributed by atoms with Gasteiger partial charge in [-0.1, -0.05) is 24.6 Å². The zero-order chi connectivity index (χ0) is 13.5. The number of amides is 1. The third kappa shape index (κ3) is 4.57. The van der Waals surface area contributed by atoms with Crippen LogP contribution in [0.3, 0.4) is 0 Å². The van der Waals surface area contributed by atoms with E-state index in [1.165, 1.54) is 0 Å². The summed E-state index contributed by atoms with van der Waals surface area (Å²) in [6.45, 7) is 4.11. The van der Waals surface area contributed by atoms with Gasteiger partial charge in [-0.3, -0.25) is 9.59 Å². The predicted octanol–water partition coefficient (Wildman–Crippen LogP) is 2.23. The summed E-state index contributed by atoms with van der Waals surface area (Å²) < 4.78 is 0. The minimum atomic E-state index is -0.792. The second kappa shape index (κ2) is 6.79. The molecule has 0 aliphatic rings. The average Bonchev–Trinajstić information content (AvgIpc) is 2.33. The number of carbonyl (C=O) groups is 2. The molecule has 98 valence electrons. The van der Waals surface area contributed by atoms with E-state index in [0.29, 0.717) is 24.9 Å². The smallest absolute Gasteiger partial charge is 0.306 e. The van der Waals surface area contributed by atoms with E-state index in [1.54, 1.807) is 13.0 Å². The number of carbonyl (C=O) groups excluding carboxylic acids is 1. The van der Waals surface area contributed by atoms with Crippen molar-refractivity contribution in [3.05, 3.63) is 35.4 Å². The van der Waals surface area contributed by atoms with Gasteiger partial charge in [0.05, 0.1) is 5.92 Å². The number of aryl methyl sites for hydroxylation is 1. The molecule has 0 radical (unpaired) electrons. The van der Waals surface area contributed by atoms with Crippen LogP contribution in [-0.4, -0.2) is 23.5 Å². The van der Waals surface area contributed by atoms with Gasteiger partial charge in [-0.25, -0.2) is 0 Å². The molecule has 18 heavy (non-hydrogen) atoms. The minimum Gasteiger partial charge on any atom is -0.481 e. The summed E-state index contributed by atoms with van der Waals surface area (Å²) in [4.78, 5) is 22.3. The maximum absolute atomic E-state index is 11.7. The molecule has 0 aliphatic heterocycles. The molecule has 0 heterocycles. The molecule has 1 amide bonds. The molecular formula is C14H19NO3. The summed E-state index contributed by atoms with van der Waals surface area (Å²) in [6, 6.07) is 7.37. The fourth-order valence-corrected chi connectivity index (χ4v) is 1.62. The molecule has 1 aromatic rings. The Kier molecular flexibility index (Phi) is 5.36. The fraction of sp³-hybridized carbons (Fsp3) is 0.429. The molecule has 4 nitrogen and oxygen atoms in total. The van der Waals surface area contributed by atoms with Crippen molar-refractivity contribution in [3.8, 4) is 0 Å². The number of hydrogen-bond donors (Lipinski definition) is 2. The largest absolute Gasteiger partial charge is 0.481 e. The van der Waals surface area contributed by atoms with Gasteiger partial charge in [0.2, 0.25) is 0 Å². The SMILES string of the molecule is Cc1cccc(C(=O)NCCCC(C)C(=O)O)c1. The summed E-state index contributed by atoms with van der Waals surface area (Å²) in [5.41, 5.74) is 1.68. The van der Waals surface area contributed by atoms with Crippen LogP contribution < -0.4 is 5.32 Å². The van der Waals surface area contributed by atoms with Gasteiger partial charge < -0.3 is 10.4 Å². The standard InChI is InChI=1S/C14H19NO3/c1-10-5-3-7-12(9-10)13(16)15-8-4-6-11(2)14(17)18/h3,5,7,9,11H,4,6,8H2,1-2H3,(H,15,16)(H,17,18). The zero-order valence-corrected chi connectivity index (χ0v) is 10.8. The molecule has 0 fully saturated rings. The van der Waals surface area contributed by atoms with Crippen LogP contribution in [0.1, 0.15) is 35.7 Å². The first-order valence-electron chi connectivity index (χ1n) is 6.08. The van der Waals surface area contributed by atoms with E-state index in [9.17, 15) is 9.59 Å². The number of hydrogen-bond acceptors (Lipinski definition) is 2. The highest BCUT2D eigenvalue weighted by Crippen LogP contribution is 2.06. The topological polar surface area (TPSA) is 66.4 Å². The van der Waals surface area contributed by atoms with Gasteiger partial charge in [0.1, 0.15) is 0 Å². The first-order valence-corrected chi connectivity index (χ1v) is 6.08. The molecule has 0 bridgehead atoms. The molecule has 0 saturated carbocycles. The van der Waals surface area contributed by atoms with E-state index >= 15 is 0 Å². The van der Waals surface area contributed by atoms with Crippen LogP contribution in [-0.2, 0) is 4.79 Å². The number of rotatable bonds is 6. The van der Waals surface area contributed by atoms with E-state index in [1.807, 2.05) is 25.1 Å². The second-order valence-corrected chi connectivity index (χ2v) is 4.51. The minimum absolute atomic E-state index is 0.110. The van der Waals surface area contributed by atoms with Crippen molar-refractivity contribution in [2.75, 3.05) is 6.54 Å². The van der Waals surface area contributed by atoms with Crippen molar-refractivity contribution in [1.29, 1.82) is 0 Å². The number of carboxylic acid groups (broad SMARTS) is 1. The van der Waals surface area contributed by atoms with E-state index in [2.05, 4.69) is 5.32 Å². The summed E-state index contributed by atoms with van der Waals surface area (Å²) in [7, 11) is 0. The molecule has 0 spiro atoms. The molecule has 4 heteroatoms. The highest BCUT2D eigenvalue weighted by molar-refractivity contribution is 5.94. The molecular weight excluding hydrogens is 230 g/mol. The number of benzene rings is 1. The first-order chi connectivity index (χ1) is 8.50. The Morgan fingerprint density at radius 2 is 2.11 bits per heavy atom. The molecule has 1 atom stereocenters. The van der Waals surface area contributed by atoms with Crippen molar-refractivity contribution in [2.45, 2.75) is 26.7 Å². The number of nitrogens with one attached hydrogen (secondary N) is 1. The summed E-state index contributed by atoms with van der Waals surface area (Å²) in [6.07, 6.45) is 1.24. The van der Waals surface area contributed by atoms with Gasteiger partial charge >= 0.3 is 5.97 Å². The Balaban J connectivity index is 2.32. The van der Waals surface area contributed by atoms with Gasteiger partial charge in [-0.05, 0) is 31.9 Å². The first kappa shape index (κ1) is 14.2. The van der Waals surface area contributed by atoms with E-state index in [-0.39, 0.29) is 11.8 Å². The van der Waals surface area contributed by atoms with Crippen LogP contribution in [0, 0.1) is 12.8 Å². The number of aliphatic carboxylic acids is 1. The molecule has 0 saturated heterocycles. The van der Waals surface area contributed by atoms with Crippen molar-refractivity contribution >= 4 is 11.9 Å². The van der Waals surface area contributed by atoms with Crippen LogP contribution in [0.4, 0.5) is 0 Å². The third-order valence-corrected chi connectivity index (χ3v) is 2.80. The zero-order valence-electron chi connectivity index (χ0n) is 10.8. The maximum Gasteiger partial charge on any atom is 0.306 e. The van der Waals surface area contributed by atoms with Crippen molar-refractivity contribution in [2.24, 2.45) is 5.92 Å². The van der Waals surface area contributed by atoms with Gasteiger partial charge in [0.25, 0.3) is 5.91 Å². The third-order valence-electron chi connectivity index (χ3n) is 2.80. The van der Waals surface area contributed by atoms with E-state index < -0.39 is 5.97 Å². The molecule has 1 aromatic carbocycles. The highest BCUT2D eigenvalue weighted by Gasteiger charge is 2.10. The Morgan fingerprint density at radius 3 is 2.72 bits per heavy atom.